The molecule has 21 heavy (non-hydrogen) atoms. The molecule has 0 aliphatic carbocycles. The average molecular weight is 298 g/mol. The summed E-state index contributed by atoms with van der Waals surface area (Å²) in [5, 5.41) is 0. The Labute approximate surface area is 130 Å². The first-order valence-electron chi connectivity index (χ1n) is 6.71. The molecule has 0 saturated heterocycles. The van der Waals surface area contributed by atoms with Gasteiger partial charge in [-0.2, -0.15) is 0 Å². The van der Waals surface area contributed by atoms with Crippen molar-refractivity contribution in [1.29, 1.82) is 0 Å². The molecule has 2 nitrogen and oxygen atoms in total. The van der Waals surface area contributed by atoms with Gasteiger partial charge in [-0.3, -0.25) is 4.79 Å². The molecule has 2 aromatic carbocycles. The lowest BCUT2D eigenvalue weighted by Gasteiger charge is -2.10. The molecule has 0 fully saturated rings. The standard InChI is InChI=1S/C18H16ClNO/c1-14(21)18(20-19)13-17-11-9-16(10-12-17)8-7-15-5-3-2-4-6-15/h2-6,9-12,18,20H,13H2,1H3/t18-/m0/s1. The predicted octanol–water partition coefficient (Wildman–Crippen LogP) is 3.33. The Morgan fingerprint density at radius 2 is 1.62 bits per heavy atom. The Hall–Kier alpha value is -2.08. The summed E-state index contributed by atoms with van der Waals surface area (Å²) in [6.07, 6.45) is 0.575. The molecule has 0 spiro atoms. The molecule has 0 bridgehead atoms. The monoisotopic (exact) mass is 297 g/mol. The van der Waals surface area contributed by atoms with Crippen molar-refractivity contribution in [1.82, 2.24) is 4.84 Å². The van der Waals surface area contributed by atoms with Crippen LogP contribution in [-0.4, -0.2) is 11.8 Å². The van der Waals surface area contributed by atoms with Crippen molar-refractivity contribution in [2.75, 3.05) is 0 Å². The van der Waals surface area contributed by atoms with Gasteiger partial charge in [-0.25, -0.2) is 4.84 Å². The van der Waals surface area contributed by atoms with Gasteiger partial charge in [0.15, 0.2) is 0 Å². The van der Waals surface area contributed by atoms with E-state index in [1.165, 1.54) is 6.92 Å². The summed E-state index contributed by atoms with van der Waals surface area (Å²) in [4.78, 5) is 13.8. The van der Waals surface area contributed by atoms with E-state index in [-0.39, 0.29) is 11.8 Å². The second kappa shape index (κ2) is 7.64. The Kier molecular flexibility index (Phi) is 5.57. The molecule has 106 valence electrons. The average Bonchev–Trinajstić information content (AvgIpc) is 2.52. The third kappa shape index (κ3) is 4.75. The molecule has 0 aromatic heterocycles. The zero-order valence-electron chi connectivity index (χ0n) is 11.8. The van der Waals surface area contributed by atoms with Crippen molar-refractivity contribution in [3.63, 3.8) is 0 Å². The molecular weight excluding hydrogens is 282 g/mol. The topological polar surface area (TPSA) is 29.1 Å². The van der Waals surface area contributed by atoms with Crippen LogP contribution in [0.3, 0.4) is 0 Å². The van der Waals surface area contributed by atoms with Gasteiger partial charge in [0.2, 0.25) is 0 Å². The lowest BCUT2D eigenvalue weighted by molar-refractivity contribution is -0.118. The third-order valence-corrected chi connectivity index (χ3v) is 3.40. The second-order valence-corrected chi connectivity index (χ2v) is 5.01. The number of ketones is 1. The van der Waals surface area contributed by atoms with Crippen LogP contribution in [0.1, 0.15) is 23.6 Å². The van der Waals surface area contributed by atoms with Gasteiger partial charge in [-0.1, -0.05) is 42.2 Å². The minimum atomic E-state index is -0.354. The van der Waals surface area contributed by atoms with Crippen LogP contribution in [0.4, 0.5) is 0 Å². The van der Waals surface area contributed by atoms with Crippen LogP contribution in [0.2, 0.25) is 0 Å². The Morgan fingerprint density at radius 3 is 2.14 bits per heavy atom. The number of nitrogens with one attached hydrogen (secondary N) is 1. The van der Waals surface area contributed by atoms with Gasteiger partial charge in [0.05, 0.1) is 6.04 Å². The summed E-state index contributed by atoms with van der Waals surface area (Å²) in [5.41, 5.74) is 2.99. The molecule has 0 saturated carbocycles. The van der Waals surface area contributed by atoms with Gasteiger partial charge in [0, 0.05) is 11.1 Å². The Balaban J connectivity index is 2.06. The van der Waals surface area contributed by atoms with Gasteiger partial charge in [0.25, 0.3) is 0 Å². The number of benzene rings is 2. The maximum Gasteiger partial charge on any atom is 0.148 e. The van der Waals surface area contributed by atoms with Gasteiger partial charge in [-0.05, 0) is 55.0 Å². The number of hydrogen-bond donors (Lipinski definition) is 1. The molecular formula is C18H16ClNO. The van der Waals surface area contributed by atoms with E-state index in [1.54, 1.807) is 0 Å². The first-order chi connectivity index (χ1) is 10.2. The number of carbonyl (C=O) groups excluding carboxylic acids is 1. The van der Waals surface area contributed by atoms with E-state index in [0.29, 0.717) is 6.42 Å². The normalized spacial score (nSPS) is 11.3. The molecule has 0 heterocycles. The number of rotatable bonds is 4. The van der Waals surface area contributed by atoms with Gasteiger partial charge >= 0.3 is 0 Å². The van der Waals surface area contributed by atoms with Crippen LogP contribution in [0.15, 0.2) is 54.6 Å². The Morgan fingerprint density at radius 1 is 1.05 bits per heavy atom. The maximum absolute atomic E-state index is 11.3. The molecule has 0 aliphatic heterocycles. The number of halogens is 1. The number of carbonyl (C=O) groups is 1. The Bertz CT molecular complexity index is 653. The van der Waals surface area contributed by atoms with E-state index >= 15 is 0 Å². The fourth-order valence-corrected chi connectivity index (χ4v) is 2.12. The molecule has 1 N–H and O–H groups in total. The van der Waals surface area contributed by atoms with Crippen molar-refractivity contribution < 1.29 is 4.79 Å². The van der Waals surface area contributed by atoms with E-state index in [1.807, 2.05) is 54.6 Å². The van der Waals surface area contributed by atoms with E-state index in [0.717, 1.165) is 16.7 Å². The summed E-state index contributed by atoms with van der Waals surface area (Å²) in [7, 11) is 0. The summed E-state index contributed by atoms with van der Waals surface area (Å²) < 4.78 is 0. The summed E-state index contributed by atoms with van der Waals surface area (Å²) in [5.74, 6) is 6.26. The highest BCUT2D eigenvalue weighted by Gasteiger charge is 2.12. The first-order valence-corrected chi connectivity index (χ1v) is 7.09. The van der Waals surface area contributed by atoms with E-state index in [2.05, 4.69) is 16.7 Å². The van der Waals surface area contributed by atoms with Crippen molar-refractivity contribution in [2.24, 2.45) is 0 Å². The highest BCUT2D eigenvalue weighted by Crippen LogP contribution is 2.08. The van der Waals surface area contributed by atoms with Crippen molar-refractivity contribution >= 4 is 17.6 Å². The first kappa shape index (κ1) is 15.3. The highest BCUT2D eigenvalue weighted by atomic mass is 35.5. The maximum atomic E-state index is 11.3. The van der Waals surface area contributed by atoms with Crippen LogP contribution < -0.4 is 4.84 Å². The van der Waals surface area contributed by atoms with Gasteiger partial charge in [-0.15, -0.1) is 0 Å². The molecule has 2 rings (SSSR count). The molecule has 2 aromatic rings. The third-order valence-electron chi connectivity index (χ3n) is 3.14. The van der Waals surface area contributed by atoms with Crippen molar-refractivity contribution in [3.8, 4) is 11.8 Å². The molecule has 0 unspecified atom stereocenters. The smallest absolute Gasteiger partial charge is 0.148 e. The molecule has 0 radical (unpaired) electrons. The minimum Gasteiger partial charge on any atom is -0.298 e. The summed E-state index contributed by atoms with van der Waals surface area (Å²) in [6.45, 7) is 1.53. The largest absolute Gasteiger partial charge is 0.298 e. The van der Waals surface area contributed by atoms with Gasteiger partial charge < -0.3 is 0 Å². The van der Waals surface area contributed by atoms with Crippen LogP contribution >= 0.6 is 11.8 Å². The van der Waals surface area contributed by atoms with Gasteiger partial charge in [0.1, 0.15) is 5.78 Å². The van der Waals surface area contributed by atoms with E-state index in [4.69, 9.17) is 11.8 Å². The van der Waals surface area contributed by atoms with E-state index in [9.17, 15) is 4.79 Å². The van der Waals surface area contributed by atoms with Crippen LogP contribution in [0.25, 0.3) is 0 Å². The SMILES string of the molecule is CC(=O)[C@H](Cc1ccc(C#Cc2ccccc2)cc1)NCl. The van der Waals surface area contributed by atoms with Crippen LogP contribution in [-0.2, 0) is 11.2 Å². The van der Waals surface area contributed by atoms with Crippen LogP contribution in [0.5, 0.6) is 0 Å². The molecule has 1 atom stereocenters. The zero-order valence-corrected chi connectivity index (χ0v) is 12.5. The molecule has 3 heteroatoms. The van der Waals surface area contributed by atoms with Crippen molar-refractivity contribution in [3.05, 3.63) is 71.3 Å². The lowest BCUT2D eigenvalue weighted by atomic mass is 10.0. The second-order valence-electron chi connectivity index (χ2n) is 4.79. The quantitative estimate of drug-likeness (QED) is 0.693. The predicted molar refractivity (Wildman–Crippen MR) is 86.0 cm³/mol. The summed E-state index contributed by atoms with van der Waals surface area (Å²) in [6, 6.07) is 17.4. The highest BCUT2D eigenvalue weighted by molar-refractivity contribution is 6.15. The fraction of sp³-hybridized carbons (Fsp3) is 0.167. The minimum absolute atomic E-state index is 0.0259. The van der Waals surface area contributed by atoms with Crippen LogP contribution in [0, 0.1) is 11.8 Å². The fourth-order valence-electron chi connectivity index (χ4n) is 1.88. The summed E-state index contributed by atoms with van der Waals surface area (Å²) >= 11 is 5.57. The van der Waals surface area contributed by atoms with Crippen molar-refractivity contribution in [2.45, 2.75) is 19.4 Å². The zero-order chi connectivity index (χ0) is 15.1. The van der Waals surface area contributed by atoms with E-state index < -0.39 is 0 Å². The molecule has 0 amide bonds. The number of hydrogen-bond acceptors (Lipinski definition) is 2. The number of Topliss-reactive ketones (excluding diaryl/α,β-unsaturated/α-hetero) is 1. The molecule has 0 aliphatic rings. The lowest BCUT2D eigenvalue weighted by Crippen LogP contribution is -2.30.